The second-order valence-electron chi connectivity index (χ2n) is 6.87. The number of aryl methyl sites for hydroxylation is 1. The van der Waals surface area contributed by atoms with Crippen molar-refractivity contribution in [2.75, 3.05) is 0 Å². The molecule has 9 heteroatoms. The highest BCUT2D eigenvalue weighted by atomic mass is 19.4. The molecule has 2 heterocycles. The molecule has 4 rings (SSSR count). The first-order valence-electron chi connectivity index (χ1n) is 9.30. The lowest BCUT2D eigenvalue weighted by Gasteiger charge is -2.13. The Morgan fingerprint density at radius 2 is 1.77 bits per heavy atom. The molecule has 0 fully saturated rings. The van der Waals surface area contributed by atoms with Gasteiger partial charge in [0.2, 0.25) is 5.43 Å². The van der Waals surface area contributed by atoms with Gasteiger partial charge in [-0.2, -0.15) is 10.2 Å². The van der Waals surface area contributed by atoms with Gasteiger partial charge in [0.05, 0.1) is 23.3 Å². The molecule has 0 atom stereocenters. The predicted octanol–water partition coefficient (Wildman–Crippen LogP) is 4.60. The summed E-state index contributed by atoms with van der Waals surface area (Å²) in [6, 6.07) is 14.1. The molecule has 31 heavy (non-hydrogen) atoms. The predicted molar refractivity (Wildman–Crippen MR) is 109 cm³/mol. The zero-order valence-corrected chi connectivity index (χ0v) is 16.6. The molecule has 0 unspecified atom stereocenters. The van der Waals surface area contributed by atoms with Crippen molar-refractivity contribution >= 4 is 0 Å². The van der Waals surface area contributed by atoms with Crippen LogP contribution in [-0.4, -0.2) is 25.9 Å². The lowest BCUT2D eigenvalue weighted by atomic mass is 10.1. The second kappa shape index (κ2) is 7.75. The average Bonchev–Trinajstić information content (AvgIpc) is 3.18. The first kappa shape index (κ1) is 20.4. The van der Waals surface area contributed by atoms with E-state index in [1.165, 1.54) is 35.1 Å². The summed E-state index contributed by atoms with van der Waals surface area (Å²) in [4.78, 5) is 12.6. The van der Waals surface area contributed by atoms with Crippen LogP contribution >= 0.6 is 0 Å². The van der Waals surface area contributed by atoms with Crippen molar-refractivity contribution in [3.05, 3.63) is 88.3 Å². The molecular weight excluding hydrogens is 409 g/mol. The Morgan fingerprint density at radius 3 is 2.55 bits per heavy atom. The molecular formula is C22H17F3N4O2. The summed E-state index contributed by atoms with van der Waals surface area (Å²) in [5, 5.41) is 8.71. The Hall–Kier alpha value is -3.88. The van der Waals surface area contributed by atoms with Crippen LogP contribution in [0.4, 0.5) is 13.2 Å². The van der Waals surface area contributed by atoms with E-state index >= 15 is 0 Å². The van der Waals surface area contributed by atoms with E-state index in [9.17, 15) is 18.0 Å². The largest absolute Gasteiger partial charge is 0.573 e. The van der Waals surface area contributed by atoms with Gasteiger partial charge in [-0.15, -0.1) is 13.2 Å². The maximum absolute atomic E-state index is 12.6. The van der Waals surface area contributed by atoms with E-state index in [0.717, 1.165) is 16.8 Å². The number of halogens is 3. The fourth-order valence-corrected chi connectivity index (χ4v) is 3.19. The molecule has 0 aliphatic carbocycles. The molecule has 0 amide bonds. The minimum Gasteiger partial charge on any atom is -0.406 e. The second-order valence-corrected chi connectivity index (χ2v) is 6.87. The van der Waals surface area contributed by atoms with Crippen LogP contribution in [0, 0.1) is 13.8 Å². The van der Waals surface area contributed by atoms with Crippen LogP contribution in [0.2, 0.25) is 0 Å². The number of benzene rings is 2. The summed E-state index contributed by atoms with van der Waals surface area (Å²) >= 11 is 0. The molecule has 4 aromatic rings. The standard InChI is InChI=1S/C22H17F3N4O2/c1-14-5-3-8-18(15(14)2)29-19(9-11-26-29)21-20(30)10-12-28(27-21)16-6-4-7-17(13-16)31-22(23,24)25/h3-13H,1-2H3. The minimum absolute atomic E-state index is 0.114. The highest BCUT2D eigenvalue weighted by Crippen LogP contribution is 2.25. The molecule has 0 aliphatic rings. The molecule has 0 spiro atoms. The smallest absolute Gasteiger partial charge is 0.406 e. The zero-order chi connectivity index (χ0) is 22.2. The van der Waals surface area contributed by atoms with Gasteiger partial charge in [0.15, 0.2) is 5.69 Å². The van der Waals surface area contributed by atoms with E-state index < -0.39 is 6.36 Å². The van der Waals surface area contributed by atoms with E-state index in [2.05, 4.69) is 14.9 Å². The topological polar surface area (TPSA) is 61.9 Å². The summed E-state index contributed by atoms with van der Waals surface area (Å²) in [5.41, 5.74) is 3.42. The summed E-state index contributed by atoms with van der Waals surface area (Å²) in [6.07, 6.45) is -1.86. The van der Waals surface area contributed by atoms with Gasteiger partial charge < -0.3 is 4.74 Å². The first-order chi connectivity index (χ1) is 14.7. The van der Waals surface area contributed by atoms with Crippen molar-refractivity contribution in [3.63, 3.8) is 0 Å². The summed E-state index contributed by atoms with van der Waals surface area (Å²) in [7, 11) is 0. The van der Waals surface area contributed by atoms with Crippen LogP contribution in [0.3, 0.4) is 0 Å². The quantitative estimate of drug-likeness (QED) is 0.479. The maximum Gasteiger partial charge on any atom is 0.573 e. The van der Waals surface area contributed by atoms with Crippen LogP contribution in [0.5, 0.6) is 5.75 Å². The Kier molecular flexibility index (Phi) is 5.10. The third-order valence-electron chi connectivity index (χ3n) is 4.81. The van der Waals surface area contributed by atoms with Gasteiger partial charge >= 0.3 is 6.36 Å². The zero-order valence-electron chi connectivity index (χ0n) is 16.6. The lowest BCUT2D eigenvalue weighted by molar-refractivity contribution is -0.274. The van der Waals surface area contributed by atoms with Crippen molar-refractivity contribution in [3.8, 4) is 28.5 Å². The minimum atomic E-state index is -4.81. The highest BCUT2D eigenvalue weighted by molar-refractivity contribution is 5.59. The Bertz CT molecular complexity index is 1310. The maximum atomic E-state index is 12.6. The van der Waals surface area contributed by atoms with Crippen molar-refractivity contribution in [1.29, 1.82) is 0 Å². The van der Waals surface area contributed by atoms with E-state index in [-0.39, 0.29) is 16.9 Å². The van der Waals surface area contributed by atoms with Gasteiger partial charge in [0.1, 0.15) is 5.75 Å². The summed E-state index contributed by atoms with van der Waals surface area (Å²) in [5.74, 6) is -0.382. The Labute approximate surface area is 175 Å². The molecule has 0 saturated heterocycles. The van der Waals surface area contributed by atoms with Gasteiger partial charge in [0, 0.05) is 18.3 Å². The molecule has 0 saturated carbocycles. The van der Waals surface area contributed by atoms with Gasteiger partial charge in [-0.05, 0) is 49.2 Å². The van der Waals surface area contributed by atoms with Gasteiger partial charge in [-0.1, -0.05) is 18.2 Å². The average molecular weight is 426 g/mol. The molecule has 0 bridgehead atoms. The van der Waals surface area contributed by atoms with Gasteiger partial charge in [-0.25, -0.2) is 9.36 Å². The van der Waals surface area contributed by atoms with Crippen LogP contribution in [0.1, 0.15) is 11.1 Å². The molecule has 0 radical (unpaired) electrons. The lowest BCUT2D eigenvalue weighted by Crippen LogP contribution is -2.17. The van der Waals surface area contributed by atoms with Gasteiger partial charge in [-0.3, -0.25) is 4.79 Å². The number of aromatic nitrogens is 4. The molecule has 6 nitrogen and oxygen atoms in total. The fraction of sp³-hybridized carbons (Fsp3) is 0.136. The van der Waals surface area contributed by atoms with Crippen LogP contribution in [0.15, 0.2) is 71.8 Å². The van der Waals surface area contributed by atoms with Crippen LogP contribution in [0.25, 0.3) is 22.8 Å². The number of rotatable bonds is 4. The molecule has 2 aromatic carbocycles. The molecule has 0 N–H and O–H groups in total. The Balaban J connectivity index is 1.80. The third kappa shape index (κ3) is 4.20. The summed E-state index contributed by atoms with van der Waals surface area (Å²) in [6.45, 7) is 3.94. The Morgan fingerprint density at radius 1 is 1.00 bits per heavy atom. The number of nitrogens with zero attached hydrogens (tertiary/aromatic N) is 4. The van der Waals surface area contributed by atoms with E-state index in [1.54, 1.807) is 23.0 Å². The van der Waals surface area contributed by atoms with Crippen molar-refractivity contribution < 1.29 is 17.9 Å². The van der Waals surface area contributed by atoms with Crippen LogP contribution < -0.4 is 10.2 Å². The SMILES string of the molecule is Cc1cccc(-n2nccc2-c2nn(-c3cccc(OC(F)(F)F)c3)ccc2=O)c1C. The van der Waals surface area contributed by atoms with E-state index in [4.69, 9.17) is 0 Å². The fourth-order valence-electron chi connectivity index (χ4n) is 3.19. The first-order valence-corrected chi connectivity index (χ1v) is 9.30. The highest BCUT2D eigenvalue weighted by Gasteiger charge is 2.31. The van der Waals surface area contributed by atoms with Crippen molar-refractivity contribution in [1.82, 2.24) is 19.6 Å². The van der Waals surface area contributed by atoms with E-state index in [0.29, 0.717) is 11.4 Å². The monoisotopic (exact) mass is 426 g/mol. The number of ether oxygens (including phenoxy) is 1. The summed E-state index contributed by atoms with van der Waals surface area (Å²) < 4.78 is 44.6. The van der Waals surface area contributed by atoms with Crippen LogP contribution in [-0.2, 0) is 0 Å². The normalized spacial score (nSPS) is 11.5. The van der Waals surface area contributed by atoms with E-state index in [1.807, 2.05) is 32.0 Å². The van der Waals surface area contributed by atoms with Gasteiger partial charge in [0.25, 0.3) is 0 Å². The van der Waals surface area contributed by atoms with Crippen molar-refractivity contribution in [2.24, 2.45) is 0 Å². The molecule has 0 aliphatic heterocycles. The molecule has 158 valence electrons. The molecule has 2 aromatic heterocycles. The number of hydrogen-bond acceptors (Lipinski definition) is 4. The van der Waals surface area contributed by atoms with Crippen molar-refractivity contribution in [2.45, 2.75) is 20.2 Å². The number of alkyl halides is 3. The number of hydrogen-bond donors (Lipinski definition) is 0. The third-order valence-corrected chi connectivity index (χ3v) is 4.81.